The molecule has 1 aromatic heterocycles. The Morgan fingerprint density at radius 1 is 1.06 bits per heavy atom. The molecule has 0 radical (unpaired) electrons. The van der Waals surface area contributed by atoms with Crippen molar-refractivity contribution in [2.24, 2.45) is 10.7 Å². The van der Waals surface area contributed by atoms with E-state index in [0.29, 0.717) is 59.8 Å². The van der Waals surface area contributed by atoms with Gasteiger partial charge in [0.2, 0.25) is 23.6 Å². The van der Waals surface area contributed by atoms with Crippen molar-refractivity contribution in [3.8, 4) is 0 Å². The molecule has 48 heavy (non-hydrogen) atoms. The van der Waals surface area contributed by atoms with Gasteiger partial charge >= 0.3 is 0 Å². The van der Waals surface area contributed by atoms with Crippen molar-refractivity contribution in [1.29, 1.82) is 5.41 Å². The summed E-state index contributed by atoms with van der Waals surface area (Å²) < 4.78 is 16.1. The van der Waals surface area contributed by atoms with E-state index in [2.05, 4.69) is 36.6 Å². The highest BCUT2D eigenvalue weighted by molar-refractivity contribution is 8.15. The van der Waals surface area contributed by atoms with E-state index in [1.54, 1.807) is 25.3 Å². The lowest BCUT2D eigenvalue weighted by atomic mass is 10.1. The second-order valence-corrected chi connectivity index (χ2v) is 12.3. The number of benzene rings is 1. The van der Waals surface area contributed by atoms with Crippen LogP contribution in [0.5, 0.6) is 0 Å². The van der Waals surface area contributed by atoms with Crippen molar-refractivity contribution in [3.05, 3.63) is 23.2 Å². The highest BCUT2D eigenvalue weighted by Crippen LogP contribution is 2.30. The van der Waals surface area contributed by atoms with E-state index in [4.69, 9.17) is 25.4 Å². The summed E-state index contributed by atoms with van der Waals surface area (Å²) in [4.78, 5) is 70.1. The van der Waals surface area contributed by atoms with Gasteiger partial charge in [-0.15, -0.1) is 23.1 Å². The van der Waals surface area contributed by atoms with Crippen molar-refractivity contribution in [2.45, 2.75) is 31.3 Å². The van der Waals surface area contributed by atoms with Crippen LogP contribution in [-0.2, 0) is 38.2 Å². The van der Waals surface area contributed by atoms with Crippen molar-refractivity contribution >= 4 is 79.9 Å². The molecule has 0 fully saturated rings. The van der Waals surface area contributed by atoms with Gasteiger partial charge in [0.15, 0.2) is 5.96 Å². The number of amides is 4. The number of methoxy groups -OCH3 is 1. The van der Waals surface area contributed by atoms with Crippen LogP contribution < -0.4 is 32.3 Å². The van der Waals surface area contributed by atoms with E-state index < -0.39 is 29.7 Å². The number of carbonyl (C=O) groups excluding carboxylic acids is 5. The Kier molecular flexibility index (Phi) is 16.7. The van der Waals surface area contributed by atoms with Gasteiger partial charge in [-0.25, -0.2) is 4.98 Å². The van der Waals surface area contributed by atoms with Gasteiger partial charge in [0, 0.05) is 38.1 Å². The molecule has 3 rings (SSSR count). The Labute approximate surface area is 285 Å². The number of thioether (sulfide) groups is 1. The maximum absolute atomic E-state index is 13.3. The fraction of sp³-hybridized carbons (Fsp3) is 0.517. The molecule has 0 unspecified atom stereocenters. The first-order valence-corrected chi connectivity index (χ1v) is 16.9. The monoisotopic (exact) mass is 707 g/mol. The van der Waals surface area contributed by atoms with Gasteiger partial charge in [-0.2, -0.15) is 0 Å². The number of guanidine groups is 1. The number of carbonyl (C=O) groups is 5. The van der Waals surface area contributed by atoms with Gasteiger partial charge in [-0.05, 0) is 31.0 Å². The minimum absolute atomic E-state index is 0.0476. The number of fused-ring (bicyclic) bond motifs is 1. The Balaban J connectivity index is 1.46. The molecule has 19 heteroatoms. The number of aromatic nitrogens is 1. The van der Waals surface area contributed by atoms with E-state index in [1.807, 2.05) is 0 Å². The van der Waals surface area contributed by atoms with E-state index in [9.17, 15) is 24.0 Å². The lowest BCUT2D eigenvalue weighted by molar-refractivity contribution is -0.128. The maximum atomic E-state index is 13.3. The number of aldehydes is 1. The molecule has 4 amide bonds. The van der Waals surface area contributed by atoms with Crippen LogP contribution in [0.2, 0.25) is 0 Å². The zero-order valence-corrected chi connectivity index (χ0v) is 28.1. The summed E-state index contributed by atoms with van der Waals surface area (Å²) in [7, 11) is 1.57. The second kappa shape index (κ2) is 20.9. The smallest absolute Gasteiger partial charge is 0.246 e. The third-order valence-electron chi connectivity index (χ3n) is 6.46. The van der Waals surface area contributed by atoms with Gasteiger partial charge in [-0.1, -0.05) is 0 Å². The summed E-state index contributed by atoms with van der Waals surface area (Å²) >= 11 is 2.86. The fourth-order valence-corrected chi connectivity index (χ4v) is 6.16. The predicted molar refractivity (Wildman–Crippen MR) is 182 cm³/mol. The first kappa shape index (κ1) is 38.3. The number of hydrogen-bond acceptors (Lipinski definition) is 13. The third kappa shape index (κ3) is 13.9. The highest BCUT2D eigenvalue weighted by atomic mass is 32.2. The number of nitrogens with zero attached hydrogens (tertiary/aromatic N) is 2. The second-order valence-electron chi connectivity index (χ2n) is 10.3. The quantitative estimate of drug-likeness (QED) is 0.0349. The van der Waals surface area contributed by atoms with Gasteiger partial charge in [0.1, 0.15) is 35.0 Å². The Morgan fingerprint density at radius 2 is 1.85 bits per heavy atom. The lowest BCUT2D eigenvalue weighted by Gasteiger charge is -2.19. The number of ether oxygens (including phenoxy) is 3. The van der Waals surface area contributed by atoms with Crippen LogP contribution in [0, 0.1) is 5.41 Å². The molecule has 1 aliphatic rings. The average molecular weight is 708 g/mol. The van der Waals surface area contributed by atoms with E-state index in [-0.39, 0.29) is 51.1 Å². The molecular weight excluding hydrogens is 667 g/mol. The SMILES string of the molecule is COCCOCCOCC(=O)NCCC(=O)NCC(=O)N[C@@H](CCCNC(=N)N)C(=O)Nc1ccc2nc(C3=N[C@@H](C=O)CS3)sc2c1. The van der Waals surface area contributed by atoms with Gasteiger partial charge in [0.05, 0.1) is 43.2 Å². The highest BCUT2D eigenvalue weighted by Gasteiger charge is 2.23. The first-order chi connectivity index (χ1) is 23.2. The number of hydrogen-bond donors (Lipinski definition) is 7. The topological polar surface area (TPSA) is 248 Å². The molecule has 1 aliphatic heterocycles. The third-order valence-corrected chi connectivity index (χ3v) is 8.70. The van der Waals surface area contributed by atoms with E-state index in [0.717, 1.165) is 11.0 Å². The number of anilines is 1. The van der Waals surface area contributed by atoms with Crippen LogP contribution in [0.15, 0.2) is 23.2 Å². The Morgan fingerprint density at radius 3 is 2.60 bits per heavy atom. The molecule has 262 valence electrons. The summed E-state index contributed by atoms with van der Waals surface area (Å²) in [5.41, 5.74) is 6.54. The van der Waals surface area contributed by atoms with Crippen LogP contribution >= 0.6 is 23.1 Å². The molecular formula is C29H41N9O8S2. The molecule has 2 heterocycles. The molecule has 2 atom stereocenters. The molecule has 1 aromatic carbocycles. The molecule has 0 bridgehead atoms. The average Bonchev–Trinajstić information content (AvgIpc) is 3.72. The minimum Gasteiger partial charge on any atom is -0.382 e. The van der Waals surface area contributed by atoms with Gasteiger partial charge < -0.3 is 51.3 Å². The molecule has 0 saturated heterocycles. The zero-order chi connectivity index (χ0) is 34.7. The van der Waals surface area contributed by atoms with Crippen LogP contribution in [0.4, 0.5) is 5.69 Å². The lowest BCUT2D eigenvalue weighted by Crippen LogP contribution is -2.48. The van der Waals surface area contributed by atoms with Crippen LogP contribution in [0.1, 0.15) is 24.3 Å². The van der Waals surface area contributed by atoms with Gasteiger partial charge in [0.25, 0.3) is 0 Å². The number of thiazole rings is 1. The molecule has 8 N–H and O–H groups in total. The number of rotatable bonds is 22. The van der Waals surface area contributed by atoms with Crippen molar-refractivity contribution in [1.82, 2.24) is 26.3 Å². The van der Waals surface area contributed by atoms with E-state index >= 15 is 0 Å². The largest absolute Gasteiger partial charge is 0.382 e. The molecule has 0 aliphatic carbocycles. The summed E-state index contributed by atoms with van der Waals surface area (Å²) in [5.74, 6) is -1.55. The molecule has 0 spiro atoms. The summed E-state index contributed by atoms with van der Waals surface area (Å²) in [5, 5.41) is 21.9. The van der Waals surface area contributed by atoms with Crippen molar-refractivity contribution in [2.75, 3.05) is 70.8 Å². The van der Waals surface area contributed by atoms with Crippen LogP contribution in [-0.4, -0.2) is 124 Å². The molecule has 2 aromatic rings. The predicted octanol–water partition coefficient (Wildman–Crippen LogP) is -0.654. The number of nitrogens with one attached hydrogen (secondary N) is 6. The van der Waals surface area contributed by atoms with Crippen LogP contribution in [0.3, 0.4) is 0 Å². The van der Waals surface area contributed by atoms with Gasteiger partial charge in [-0.3, -0.25) is 29.6 Å². The summed E-state index contributed by atoms with van der Waals surface area (Å²) in [6.45, 7) is 1.26. The first-order valence-electron chi connectivity index (χ1n) is 15.1. The van der Waals surface area contributed by atoms with Crippen molar-refractivity contribution < 1.29 is 38.2 Å². The Hall–Kier alpha value is -4.17. The standard InChI is InChI=1S/C29H41N9O8S2/c1-44-9-10-45-11-12-46-16-25(42)32-8-6-23(40)34-14-24(41)37-21(3-2-7-33-29(30)31)26(43)35-18-4-5-20-22(13-18)48-28(38-20)27-36-19(15-39)17-47-27/h4-5,13,15,19,21H,2-3,6-12,14,16-17H2,1H3,(H,32,42)(H,34,40)(H,35,43)(H,37,41)(H4,30,31,33)/t19-,21-/m0/s1. The number of aliphatic imine (C=N–C) groups is 1. The molecule has 0 saturated carbocycles. The minimum atomic E-state index is -0.954. The zero-order valence-electron chi connectivity index (χ0n) is 26.5. The van der Waals surface area contributed by atoms with Crippen molar-refractivity contribution in [3.63, 3.8) is 0 Å². The van der Waals surface area contributed by atoms with E-state index in [1.165, 1.54) is 23.1 Å². The van der Waals surface area contributed by atoms with Crippen LogP contribution in [0.25, 0.3) is 10.2 Å². The normalized spacial score (nSPS) is 14.5. The Bertz CT molecular complexity index is 1450. The number of nitrogens with two attached hydrogens (primary N) is 1. The summed E-state index contributed by atoms with van der Waals surface area (Å²) in [6.07, 6.45) is 1.38. The fourth-order valence-electron chi connectivity index (χ4n) is 4.10. The maximum Gasteiger partial charge on any atom is 0.246 e. The molecule has 17 nitrogen and oxygen atoms in total. The summed E-state index contributed by atoms with van der Waals surface area (Å²) in [6, 6.07) is 3.90.